The van der Waals surface area contributed by atoms with Crippen molar-refractivity contribution in [1.29, 1.82) is 0 Å². The van der Waals surface area contributed by atoms with Crippen LogP contribution in [0.15, 0.2) is 0 Å². The molecule has 0 aliphatic heterocycles. The van der Waals surface area contributed by atoms with Crippen molar-refractivity contribution in [1.82, 2.24) is 0 Å². The topological polar surface area (TPSA) is 78.9 Å². The van der Waals surface area contributed by atoms with Gasteiger partial charge in [-0.25, -0.2) is 0 Å². The maximum Gasteiger partial charge on any atom is 0.306 e. The van der Waals surface area contributed by atoms with E-state index in [0.29, 0.717) is 19.3 Å². The monoisotopic (exact) mass is 905 g/mol. The molecule has 0 rings (SSSR count). The normalized spacial score (nSPS) is 12.6. The zero-order valence-corrected chi connectivity index (χ0v) is 44.1. The summed E-state index contributed by atoms with van der Waals surface area (Å²) in [5, 5.41) is 0. The fourth-order valence-electron chi connectivity index (χ4n) is 8.79. The van der Waals surface area contributed by atoms with Gasteiger partial charge in [0.15, 0.2) is 6.10 Å². The van der Waals surface area contributed by atoms with Crippen molar-refractivity contribution < 1.29 is 28.6 Å². The number of esters is 3. The lowest BCUT2D eigenvalue weighted by Gasteiger charge is -2.18. The van der Waals surface area contributed by atoms with Crippen LogP contribution in [0.25, 0.3) is 0 Å². The summed E-state index contributed by atoms with van der Waals surface area (Å²) in [6.07, 6.45) is 51.1. The summed E-state index contributed by atoms with van der Waals surface area (Å²) in [6, 6.07) is 0. The Bertz CT molecular complexity index is 993. The second-order valence-electron chi connectivity index (χ2n) is 21.1. The van der Waals surface area contributed by atoms with Crippen LogP contribution in [0.4, 0.5) is 0 Å². The largest absolute Gasteiger partial charge is 0.462 e. The molecule has 0 spiro atoms. The molecule has 0 saturated carbocycles. The molecule has 380 valence electrons. The Kier molecular flexibility index (Phi) is 48.1. The number of hydrogen-bond donors (Lipinski definition) is 0. The first kappa shape index (κ1) is 62.4. The van der Waals surface area contributed by atoms with Gasteiger partial charge in [-0.15, -0.1) is 0 Å². The third kappa shape index (κ3) is 49.8. The highest BCUT2D eigenvalue weighted by Crippen LogP contribution is 2.19. The van der Waals surface area contributed by atoms with E-state index in [-0.39, 0.29) is 31.1 Å². The molecule has 6 nitrogen and oxygen atoms in total. The van der Waals surface area contributed by atoms with Crippen LogP contribution in [0.2, 0.25) is 0 Å². The van der Waals surface area contributed by atoms with Crippen LogP contribution in [-0.4, -0.2) is 37.2 Å². The average Bonchev–Trinajstić information content (AvgIpc) is 3.27. The highest BCUT2D eigenvalue weighted by Gasteiger charge is 2.19. The first-order chi connectivity index (χ1) is 31.1. The van der Waals surface area contributed by atoms with E-state index in [1.54, 1.807) is 0 Å². The fraction of sp³-hybridized carbons (Fsp3) is 0.948. The molecule has 0 N–H and O–H groups in total. The summed E-state index contributed by atoms with van der Waals surface area (Å²) in [5.41, 5.74) is 0. The summed E-state index contributed by atoms with van der Waals surface area (Å²) in [4.78, 5) is 38.0. The Morgan fingerprint density at radius 2 is 0.547 bits per heavy atom. The van der Waals surface area contributed by atoms with Gasteiger partial charge in [-0.2, -0.15) is 0 Å². The second kappa shape index (κ2) is 49.3. The molecular formula is C58H112O6. The van der Waals surface area contributed by atoms with E-state index in [9.17, 15) is 14.4 Å². The molecule has 0 fully saturated rings. The zero-order valence-electron chi connectivity index (χ0n) is 44.1. The van der Waals surface area contributed by atoms with E-state index < -0.39 is 6.10 Å². The van der Waals surface area contributed by atoms with E-state index in [0.717, 1.165) is 75.5 Å². The maximum atomic E-state index is 12.8. The average molecular weight is 906 g/mol. The highest BCUT2D eigenvalue weighted by molar-refractivity contribution is 5.71. The Labute approximate surface area is 399 Å². The van der Waals surface area contributed by atoms with E-state index in [4.69, 9.17) is 14.2 Å². The third-order valence-corrected chi connectivity index (χ3v) is 13.5. The quantitative estimate of drug-likeness (QED) is 0.0344. The lowest BCUT2D eigenvalue weighted by atomic mass is 9.99. The predicted octanol–water partition coefficient (Wildman–Crippen LogP) is 18.7. The van der Waals surface area contributed by atoms with Crippen LogP contribution >= 0.6 is 0 Å². The van der Waals surface area contributed by atoms with E-state index in [2.05, 4.69) is 41.5 Å². The minimum absolute atomic E-state index is 0.0645. The van der Waals surface area contributed by atoms with Crippen LogP contribution < -0.4 is 0 Å². The molecular weight excluding hydrogens is 793 g/mol. The van der Waals surface area contributed by atoms with E-state index in [1.165, 1.54) is 199 Å². The number of carbonyl (C=O) groups excluding carboxylic acids is 3. The molecule has 1 unspecified atom stereocenters. The highest BCUT2D eigenvalue weighted by atomic mass is 16.6. The van der Waals surface area contributed by atoms with Gasteiger partial charge in [-0.1, -0.05) is 279 Å². The van der Waals surface area contributed by atoms with Gasteiger partial charge < -0.3 is 14.2 Å². The smallest absolute Gasteiger partial charge is 0.306 e. The fourth-order valence-corrected chi connectivity index (χ4v) is 8.79. The summed E-state index contributed by atoms with van der Waals surface area (Å²) >= 11 is 0. The molecule has 0 amide bonds. The van der Waals surface area contributed by atoms with Crippen molar-refractivity contribution in [2.45, 2.75) is 324 Å². The number of carbonyl (C=O) groups is 3. The number of ether oxygens (including phenoxy) is 3. The second-order valence-corrected chi connectivity index (χ2v) is 21.1. The molecule has 6 heteroatoms. The van der Waals surface area contributed by atoms with Gasteiger partial charge in [0.1, 0.15) is 13.2 Å². The van der Waals surface area contributed by atoms with Crippen molar-refractivity contribution in [3.05, 3.63) is 0 Å². The Hall–Kier alpha value is -1.59. The van der Waals surface area contributed by atoms with Crippen molar-refractivity contribution in [3.8, 4) is 0 Å². The van der Waals surface area contributed by atoms with Gasteiger partial charge in [0.05, 0.1) is 0 Å². The van der Waals surface area contributed by atoms with E-state index in [1.807, 2.05) is 0 Å². The molecule has 0 radical (unpaired) electrons. The lowest BCUT2D eigenvalue weighted by Crippen LogP contribution is -2.30. The third-order valence-electron chi connectivity index (χ3n) is 13.5. The van der Waals surface area contributed by atoms with Gasteiger partial charge in [0.25, 0.3) is 0 Å². The summed E-state index contributed by atoms with van der Waals surface area (Å²) in [7, 11) is 0. The Morgan fingerprint density at radius 3 is 0.812 bits per heavy atom. The molecule has 0 bridgehead atoms. The van der Waals surface area contributed by atoms with Crippen LogP contribution in [-0.2, 0) is 28.6 Å². The molecule has 2 atom stereocenters. The van der Waals surface area contributed by atoms with Crippen LogP contribution in [0.5, 0.6) is 0 Å². The summed E-state index contributed by atoms with van der Waals surface area (Å²) in [5.74, 6) is 1.66. The lowest BCUT2D eigenvalue weighted by molar-refractivity contribution is -0.167. The van der Waals surface area contributed by atoms with Gasteiger partial charge in [-0.05, 0) is 37.0 Å². The zero-order chi connectivity index (χ0) is 47.0. The molecule has 0 aromatic carbocycles. The molecule has 0 saturated heterocycles. The van der Waals surface area contributed by atoms with Gasteiger partial charge >= 0.3 is 17.9 Å². The van der Waals surface area contributed by atoms with Gasteiger partial charge in [-0.3, -0.25) is 14.4 Å². The minimum atomic E-state index is -0.764. The Balaban J connectivity index is 4.22. The molecule has 64 heavy (non-hydrogen) atoms. The maximum absolute atomic E-state index is 12.8. The van der Waals surface area contributed by atoms with E-state index >= 15 is 0 Å². The van der Waals surface area contributed by atoms with Crippen molar-refractivity contribution in [2.75, 3.05) is 13.2 Å². The standard InChI is InChI=1S/C58H112O6/c1-7-54(6)46-40-34-27-23-19-15-12-13-16-20-24-28-35-41-47-56(59)62-50-55(51-63-57(60)48-42-36-31-30-33-39-45-53(4)5)64-58(61)49-43-37-29-25-21-17-11-9-8-10-14-18-22-26-32-38-44-52(2)3/h52-55H,7-51H2,1-6H3/t54?,55-/m1/s1. The van der Waals surface area contributed by atoms with Crippen molar-refractivity contribution in [2.24, 2.45) is 17.8 Å². The minimum Gasteiger partial charge on any atom is -0.462 e. The predicted molar refractivity (Wildman–Crippen MR) is 275 cm³/mol. The van der Waals surface area contributed by atoms with Gasteiger partial charge in [0.2, 0.25) is 0 Å². The molecule has 0 aliphatic rings. The van der Waals surface area contributed by atoms with Crippen molar-refractivity contribution >= 4 is 17.9 Å². The molecule has 0 aliphatic carbocycles. The first-order valence-corrected chi connectivity index (χ1v) is 28.6. The van der Waals surface area contributed by atoms with Crippen LogP contribution in [0, 0.1) is 17.8 Å². The first-order valence-electron chi connectivity index (χ1n) is 28.6. The number of unbranched alkanes of at least 4 members (excludes halogenated alkanes) is 33. The van der Waals surface area contributed by atoms with Crippen LogP contribution in [0.1, 0.15) is 318 Å². The van der Waals surface area contributed by atoms with Crippen molar-refractivity contribution in [3.63, 3.8) is 0 Å². The number of rotatable bonds is 51. The number of hydrogen-bond acceptors (Lipinski definition) is 6. The van der Waals surface area contributed by atoms with Gasteiger partial charge in [0, 0.05) is 19.3 Å². The molecule has 0 aromatic heterocycles. The SMILES string of the molecule is CCC(C)CCCCCCCCCCCCCCCCC(=O)OC[C@H](COC(=O)CCCCCCCCC(C)C)OC(=O)CCCCCCCCCCCCCCCCCCC(C)C. The van der Waals surface area contributed by atoms with Crippen LogP contribution in [0.3, 0.4) is 0 Å². The molecule has 0 heterocycles. The Morgan fingerprint density at radius 1 is 0.312 bits per heavy atom. The summed E-state index contributed by atoms with van der Waals surface area (Å²) < 4.78 is 16.8. The molecule has 0 aromatic rings. The summed E-state index contributed by atoms with van der Waals surface area (Å²) in [6.45, 7) is 13.7.